The van der Waals surface area contributed by atoms with Crippen LogP contribution in [-0.4, -0.2) is 39.4 Å². The van der Waals surface area contributed by atoms with Gasteiger partial charge in [-0.25, -0.2) is 0 Å². The average molecular weight is 170 g/mol. The predicted molar refractivity (Wildman–Crippen MR) is 48.2 cm³/mol. The van der Waals surface area contributed by atoms with Gasteiger partial charge in [0.1, 0.15) is 0 Å². The minimum absolute atomic E-state index is 0.413. The van der Waals surface area contributed by atoms with Gasteiger partial charge in [0, 0.05) is 31.0 Å². The zero-order valence-electron chi connectivity index (χ0n) is 7.73. The zero-order valence-corrected chi connectivity index (χ0v) is 7.73. The van der Waals surface area contributed by atoms with Crippen molar-refractivity contribution in [1.29, 1.82) is 0 Å². The zero-order chi connectivity index (χ0) is 8.44. The van der Waals surface area contributed by atoms with Crippen molar-refractivity contribution in [2.45, 2.75) is 6.92 Å². The summed E-state index contributed by atoms with van der Waals surface area (Å²) < 4.78 is 5.53. The lowest BCUT2D eigenvalue weighted by molar-refractivity contribution is 0.151. The SMILES string of the molecule is CCNCC12CNCC1COC2. The minimum Gasteiger partial charge on any atom is -0.380 e. The van der Waals surface area contributed by atoms with Gasteiger partial charge in [-0.1, -0.05) is 6.92 Å². The first-order valence-corrected chi connectivity index (χ1v) is 4.86. The molecular weight excluding hydrogens is 152 g/mol. The van der Waals surface area contributed by atoms with Crippen LogP contribution in [0.3, 0.4) is 0 Å². The molecule has 2 unspecified atom stereocenters. The van der Waals surface area contributed by atoms with Crippen molar-refractivity contribution in [3.8, 4) is 0 Å². The normalized spacial score (nSPS) is 40.2. The Morgan fingerprint density at radius 3 is 3.42 bits per heavy atom. The molecular formula is C9H18N2O. The summed E-state index contributed by atoms with van der Waals surface area (Å²) in [5.74, 6) is 0.747. The van der Waals surface area contributed by atoms with Crippen molar-refractivity contribution >= 4 is 0 Å². The van der Waals surface area contributed by atoms with E-state index in [0.717, 1.165) is 45.3 Å². The van der Waals surface area contributed by atoms with E-state index >= 15 is 0 Å². The van der Waals surface area contributed by atoms with Crippen LogP contribution < -0.4 is 10.6 Å². The van der Waals surface area contributed by atoms with Crippen LogP contribution in [0.15, 0.2) is 0 Å². The van der Waals surface area contributed by atoms with Gasteiger partial charge in [-0.15, -0.1) is 0 Å². The smallest absolute Gasteiger partial charge is 0.0551 e. The van der Waals surface area contributed by atoms with Crippen LogP contribution in [0.1, 0.15) is 6.92 Å². The molecule has 0 aliphatic carbocycles. The number of ether oxygens (including phenoxy) is 1. The Balaban J connectivity index is 1.97. The van der Waals surface area contributed by atoms with Crippen LogP contribution >= 0.6 is 0 Å². The van der Waals surface area contributed by atoms with Gasteiger partial charge in [0.05, 0.1) is 13.2 Å². The third-order valence-electron chi connectivity index (χ3n) is 3.17. The summed E-state index contributed by atoms with van der Waals surface area (Å²) >= 11 is 0. The molecule has 70 valence electrons. The quantitative estimate of drug-likeness (QED) is 0.617. The topological polar surface area (TPSA) is 33.3 Å². The third-order valence-corrected chi connectivity index (χ3v) is 3.17. The first kappa shape index (κ1) is 8.48. The average Bonchev–Trinajstić information content (AvgIpc) is 2.58. The van der Waals surface area contributed by atoms with E-state index in [2.05, 4.69) is 17.6 Å². The number of fused-ring (bicyclic) bond motifs is 1. The van der Waals surface area contributed by atoms with E-state index in [1.165, 1.54) is 0 Å². The van der Waals surface area contributed by atoms with Crippen molar-refractivity contribution in [3.05, 3.63) is 0 Å². The lowest BCUT2D eigenvalue weighted by Crippen LogP contribution is -2.40. The molecule has 2 rings (SSSR count). The molecule has 2 N–H and O–H groups in total. The molecule has 2 saturated heterocycles. The van der Waals surface area contributed by atoms with E-state index in [9.17, 15) is 0 Å². The molecule has 3 nitrogen and oxygen atoms in total. The molecule has 2 fully saturated rings. The fourth-order valence-electron chi connectivity index (χ4n) is 2.30. The minimum atomic E-state index is 0.413. The Hall–Kier alpha value is -0.120. The third kappa shape index (κ3) is 1.26. The van der Waals surface area contributed by atoms with Crippen molar-refractivity contribution in [2.75, 3.05) is 39.4 Å². The Kier molecular flexibility index (Phi) is 2.35. The van der Waals surface area contributed by atoms with Gasteiger partial charge in [-0.05, 0) is 6.54 Å². The van der Waals surface area contributed by atoms with E-state index in [1.54, 1.807) is 0 Å². The highest BCUT2D eigenvalue weighted by Crippen LogP contribution is 2.36. The maximum Gasteiger partial charge on any atom is 0.0551 e. The number of hydrogen-bond donors (Lipinski definition) is 2. The molecule has 0 spiro atoms. The molecule has 12 heavy (non-hydrogen) atoms. The Bertz CT molecular complexity index is 151. The summed E-state index contributed by atoms with van der Waals surface area (Å²) in [6.45, 7) is 8.51. The van der Waals surface area contributed by atoms with E-state index in [4.69, 9.17) is 4.74 Å². The van der Waals surface area contributed by atoms with Gasteiger partial charge in [-0.3, -0.25) is 0 Å². The Morgan fingerprint density at radius 2 is 2.58 bits per heavy atom. The molecule has 0 aromatic carbocycles. The lowest BCUT2D eigenvalue weighted by Gasteiger charge is -2.26. The second kappa shape index (κ2) is 3.32. The Morgan fingerprint density at radius 1 is 1.67 bits per heavy atom. The van der Waals surface area contributed by atoms with Gasteiger partial charge >= 0.3 is 0 Å². The fourth-order valence-corrected chi connectivity index (χ4v) is 2.30. The molecule has 3 heteroatoms. The molecule has 2 aliphatic heterocycles. The van der Waals surface area contributed by atoms with Gasteiger partial charge in [0.15, 0.2) is 0 Å². The van der Waals surface area contributed by atoms with E-state index < -0.39 is 0 Å². The first-order valence-electron chi connectivity index (χ1n) is 4.86. The van der Waals surface area contributed by atoms with Crippen LogP contribution in [0.25, 0.3) is 0 Å². The summed E-state index contributed by atoms with van der Waals surface area (Å²) in [7, 11) is 0. The molecule has 0 radical (unpaired) electrons. The molecule has 0 bridgehead atoms. The molecule has 2 heterocycles. The molecule has 2 aliphatic rings. The predicted octanol–water partition coefficient (Wildman–Crippen LogP) is -0.168. The van der Waals surface area contributed by atoms with Gasteiger partial charge in [0.25, 0.3) is 0 Å². The van der Waals surface area contributed by atoms with E-state index in [0.29, 0.717) is 5.41 Å². The highest BCUT2D eigenvalue weighted by atomic mass is 16.5. The maximum absolute atomic E-state index is 5.53. The van der Waals surface area contributed by atoms with Crippen LogP contribution in [0.5, 0.6) is 0 Å². The van der Waals surface area contributed by atoms with Crippen LogP contribution in [0.2, 0.25) is 0 Å². The largest absolute Gasteiger partial charge is 0.380 e. The summed E-state index contributed by atoms with van der Waals surface area (Å²) in [4.78, 5) is 0. The van der Waals surface area contributed by atoms with Crippen molar-refractivity contribution in [3.63, 3.8) is 0 Å². The number of hydrogen-bond acceptors (Lipinski definition) is 3. The molecule has 0 saturated carbocycles. The number of rotatable bonds is 3. The Labute approximate surface area is 73.9 Å². The van der Waals surface area contributed by atoms with Crippen LogP contribution in [0, 0.1) is 11.3 Å². The molecule has 0 amide bonds. The fraction of sp³-hybridized carbons (Fsp3) is 1.00. The van der Waals surface area contributed by atoms with Crippen LogP contribution in [-0.2, 0) is 4.74 Å². The summed E-state index contributed by atoms with van der Waals surface area (Å²) in [5, 5.41) is 6.89. The molecule has 2 atom stereocenters. The molecule has 0 aromatic heterocycles. The van der Waals surface area contributed by atoms with E-state index in [1.807, 2.05) is 0 Å². The second-order valence-corrected chi connectivity index (χ2v) is 3.99. The maximum atomic E-state index is 5.53. The summed E-state index contributed by atoms with van der Waals surface area (Å²) in [6, 6.07) is 0. The standard InChI is InChI=1S/C9H18N2O/c1-2-10-5-9-6-11-3-8(9)4-12-7-9/h8,10-11H,2-7H2,1H3. The lowest BCUT2D eigenvalue weighted by atomic mass is 9.81. The highest BCUT2D eigenvalue weighted by Gasteiger charge is 2.46. The highest BCUT2D eigenvalue weighted by molar-refractivity contribution is 4.99. The van der Waals surface area contributed by atoms with Crippen LogP contribution in [0.4, 0.5) is 0 Å². The van der Waals surface area contributed by atoms with Gasteiger partial charge in [0.2, 0.25) is 0 Å². The second-order valence-electron chi connectivity index (χ2n) is 3.99. The van der Waals surface area contributed by atoms with Crippen molar-refractivity contribution < 1.29 is 4.74 Å². The monoisotopic (exact) mass is 170 g/mol. The summed E-state index contributed by atoms with van der Waals surface area (Å²) in [6.07, 6.45) is 0. The van der Waals surface area contributed by atoms with Crippen molar-refractivity contribution in [1.82, 2.24) is 10.6 Å². The summed E-state index contributed by atoms with van der Waals surface area (Å²) in [5.41, 5.74) is 0.413. The van der Waals surface area contributed by atoms with E-state index in [-0.39, 0.29) is 0 Å². The first-order chi connectivity index (χ1) is 5.87. The van der Waals surface area contributed by atoms with Gasteiger partial charge in [-0.2, -0.15) is 0 Å². The van der Waals surface area contributed by atoms with Crippen molar-refractivity contribution in [2.24, 2.45) is 11.3 Å². The van der Waals surface area contributed by atoms with Gasteiger partial charge < -0.3 is 15.4 Å². The number of nitrogens with one attached hydrogen (secondary N) is 2. The molecule has 0 aromatic rings.